The van der Waals surface area contributed by atoms with Crippen molar-refractivity contribution in [2.24, 2.45) is 0 Å². The van der Waals surface area contributed by atoms with Crippen LogP contribution < -0.4 is 9.47 Å². The standard InChI is InChI=1S/C17H13F3N2O3S/c1-23-14-8-10(2-7-13(14)24-17(19)20)16-21-15(25-22-16)9-26-12-5-3-11(18)4-6-12/h2-8,17H,9H2,1H3. The molecule has 3 aromatic rings. The molecule has 0 bridgehead atoms. The molecule has 1 heterocycles. The van der Waals surface area contributed by atoms with Gasteiger partial charge >= 0.3 is 6.61 Å². The number of thioether (sulfide) groups is 1. The number of methoxy groups -OCH3 is 1. The lowest BCUT2D eigenvalue weighted by Gasteiger charge is -2.10. The fraction of sp³-hybridized carbons (Fsp3) is 0.176. The van der Waals surface area contributed by atoms with Crippen LogP contribution in [-0.4, -0.2) is 23.9 Å². The molecule has 0 saturated carbocycles. The summed E-state index contributed by atoms with van der Waals surface area (Å²) in [6, 6.07) is 10.4. The third-order valence-corrected chi connectivity index (χ3v) is 4.28. The molecule has 0 aliphatic rings. The van der Waals surface area contributed by atoms with Crippen molar-refractivity contribution in [1.29, 1.82) is 0 Å². The second kappa shape index (κ2) is 8.13. The highest BCUT2D eigenvalue weighted by molar-refractivity contribution is 7.98. The molecule has 0 fully saturated rings. The van der Waals surface area contributed by atoms with E-state index in [0.717, 1.165) is 4.90 Å². The summed E-state index contributed by atoms with van der Waals surface area (Å²) >= 11 is 1.42. The minimum Gasteiger partial charge on any atom is -0.493 e. The quantitative estimate of drug-likeness (QED) is 0.548. The van der Waals surface area contributed by atoms with Crippen LogP contribution in [0.1, 0.15) is 5.89 Å². The lowest BCUT2D eigenvalue weighted by molar-refractivity contribution is -0.0512. The van der Waals surface area contributed by atoms with Gasteiger partial charge in [0.1, 0.15) is 5.82 Å². The number of hydrogen-bond donors (Lipinski definition) is 0. The zero-order valence-corrected chi connectivity index (χ0v) is 14.3. The first kappa shape index (κ1) is 18.1. The summed E-state index contributed by atoms with van der Waals surface area (Å²) in [5.74, 6) is 0.824. The molecule has 1 aromatic heterocycles. The molecule has 3 rings (SSSR count). The minimum atomic E-state index is -2.95. The second-order valence-corrected chi connectivity index (χ2v) is 6.05. The number of ether oxygens (including phenoxy) is 2. The number of nitrogens with zero attached hydrogens (tertiary/aromatic N) is 2. The number of halogens is 3. The molecule has 0 unspecified atom stereocenters. The molecular formula is C17H13F3N2O3S. The third kappa shape index (κ3) is 4.48. The highest BCUT2D eigenvalue weighted by Gasteiger charge is 2.15. The highest BCUT2D eigenvalue weighted by Crippen LogP contribution is 2.33. The van der Waals surface area contributed by atoms with Crippen molar-refractivity contribution in [3.63, 3.8) is 0 Å². The number of aromatic nitrogens is 2. The summed E-state index contributed by atoms with van der Waals surface area (Å²) in [6.45, 7) is -2.95. The van der Waals surface area contributed by atoms with Gasteiger partial charge < -0.3 is 14.0 Å². The number of alkyl halides is 2. The van der Waals surface area contributed by atoms with Crippen LogP contribution in [-0.2, 0) is 5.75 Å². The Kier molecular flexibility index (Phi) is 5.67. The summed E-state index contributed by atoms with van der Waals surface area (Å²) in [4.78, 5) is 5.12. The molecule has 0 saturated heterocycles. The van der Waals surface area contributed by atoms with E-state index in [1.807, 2.05) is 0 Å². The van der Waals surface area contributed by atoms with E-state index in [4.69, 9.17) is 9.26 Å². The maximum atomic E-state index is 12.9. The molecule has 0 N–H and O–H groups in total. The fourth-order valence-corrected chi connectivity index (χ4v) is 2.84. The predicted molar refractivity (Wildman–Crippen MR) is 88.9 cm³/mol. The van der Waals surface area contributed by atoms with Crippen LogP contribution in [0.15, 0.2) is 51.9 Å². The van der Waals surface area contributed by atoms with Crippen molar-refractivity contribution in [3.8, 4) is 22.9 Å². The van der Waals surface area contributed by atoms with Gasteiger partial charge in [-0.3, -0.25) is 0 Å². The van der Waals surface area contributed by atoms with Gasteiger partial charge in [-0.25, -0.2) is 4.39 Å². The van der Waals surface area contributed by atoms with Gasteiger partial charge in [-0.05, 0) is 42.5 Å². The lowest BCUT2D eigenvalue weighted by atomic mass is 10.2. The molecule has 0 amide bonds. The molecule has 5 nitrogen and oxygen atoms in total. The van der Waals surface area contributed by atoms with E-state index >= 15 is 0 Å². The Morgan fingerprint density at radius 1 is 1.12 bits per heavy atom. The van der Waals surface area contributed by atoms with Gasteiger partial charge in [0.2, 0.25) is 11.7 Å². The Bertz CT molecular complexity index is 872. The normalized spacial score (nSPS) is 11.0. The number of rotatable bonds is 7. The van der Waals surface area contributed by atoms with Crippen molar-refractivity contribution in [2.75, 3.05) is 7.11 Å². The van der Waals surface area contributed by atoms with Crippen LogP contribution in [0.25, 0.3) is 11.4 Å². The van der Waals surface area contributed by atoms with Gasteiger partial charge in [-0.15, -0.1) is 11.8 Å². The molecule has 0 aliphatic carbocycles. The first-order valence-electron chi connectivity index (χ1n) is 7.39. The number of benzene rings is 2. The average Bonchev–Trinajstić information content (AvgIpc) is 3.10. The molecule has 0 radical (unpaired) electrons. The fourth-order valence-electron chi connectivity index (χ4n) is 2.11. The Morgan fingerprint density at radius 2 is 1.88 bits per heavy atom. The van der Waals surface area contributed by atoms with E-state index < -0.39 is 6.61 Å². The largest absolute Gasteiger partial charge is 0.493 e. The van der Waals surface area contributed by atoms with Crippen LogP contribution in [0.4, 0.5) is 13.2 Å². The molecule has 9 heteroatoms. The molecular weight excluding hydrogens is 369 g/mol. The monoisotopic (exact) mass is 382 g/mol. The smallest absolute Gasteiger partial charge is 0.387 e. The molecule has 0 spiro atoms. The van der Waals surface area contributed by atoms with Crippen LogP contribution in [0, 0.1) is 5.82 Å². The van der Waals surface area contributed by atoms with Crippen molar-refractivity contribution >= 4 is 11.8 Å². The zero-order chi connectivity index (χ0) is 18.5. The van der Waals surface area contributed by atoms with Crippen molar-refractivity contribution in [1.82, 2.24) is 10.1 Å². The van der Waals surface area contributed by atoms with Crippen molar-refractivity contribution in [3.05, 3.63) is 54.2 Å². The van der Waals surface area contributed by atoms with Gasteiger partial charge in [0.05, 0.1) is 12.9 Å². The van der Waals surface area contributed by atoms with Crippen LogP contribution in [0.3, 0.4) is 0 Å². The van der Waals surface area contributed by atoms with Gasteiger partial charge in [0.15, 0.2) is 11.5 Å². The van der Waals surface area contributed by atoms with Gasteiger partial charge in [0, 0.05) is 10.5 Å². The zero-order valence-electron chi connectivity index (χ0n) is 13.5. The first-order chi connectivity index (χ1) is 12.5. The molecule has 0 aliphatic heterocycles. The number of hydrogen-bond acceptors (Lipinski definition) is 6. The van der Waals surface area contributed by atoms with Gasteiger partial charge in [0.25, 0.3) is 0 Å². The lowest BCUT2D eigenvalue weighted by Crippen LogP contribution is -2.03. The average molecular weight is 382 g/mol. The van der Waals surface area contributed by atoms with E-state index in [-0.39, 0.29) is 17.3 Å². The van der Waals surface area contributed by atoms with Gasteiger partial charge in [-0.1, -0.05) is 5.16 Å². The summed E-state index contributed by atoms with van der Waals surface area (Å²) in [5, 5.41) is 3.87. The van der Waals surface area contributed by atoms with Crippen LogP contribution >= 0.6 is 11.8 Å². The predicted octanol–water partition coefficient (Wildman–Crippen LogP) is 4.78. The molecule has 136 valence electrons. The Morgan fingerprint density at radius 3 is 2.58 bits per heavy atom. The van der Waals surface area contributed by atoms with Crippen molar-refractivity contribution < 1.29 is 27.2 Å². The summed E-state index contributed by atoms with van der Waals surface area (Å²) in [5.41, 5.74) is 0.533. The van der Waals surface area contributed by atoms with Crippen molar-refractivity contribution in [2.45, 2.75) is 17.3 Å². The van der Waals surface area contributed by atoms with Crippen LogP contribution in [0.2, 0.25) is 0 Å². The summed E-state index contributed by atoms with van der Waals surface area (Å²) in [7, 11) is 1.35. The van der Waals surface area contributed by atoms with Crippen LogP contribution in [0.5, 0.6) is 11.5 Å². The van der Waals surface area contributed by atoms with E-state index in [0.29, 0.717) is 23.0 Å². The SMILES string of the molecule is COc1cc(-c2noc(CSc3ccc(F)cc3)n2)ccc1OC(F)F. The Balaban J connectivity index is 1.71. The topological polar surface area (TPSA) is 57.4 Å². The van der Waals surface area contributed by atoms with E-state index in [2.05, 4.69) is 14.9 Å². The summed E-state index contributed by atoms with van der Waals surface area (Å²) < 4.78 is 52.2. The second-order valence-electron chi connectivity index (χ2n) is 5.00. The molecule has 26 heavy (non-hydrogen) atoms. The Labute approximate surface area is 151 Å². The third-order valence-electron chi connectivity index (χ3n) is 3.28. The summed E-state index contributed by atoms with van der Waals surface area (Å²) in [6.07, 6.45) is 0. The Hall–Kier alpha value is -2.68. The van der Waals surface area contributed by atoms with Gasteiger partial charge in [-0.2, -0.15) is 13.8 Å². The minimum absolute atomic E-state index is 0.0816. The van der Waals surface area contributed by atoms with E-state index in [1.165, 1.54) is 49.2 Å². The van der Waals surface area contributed by atoms with E-state index in [1.54, 1.807) is 12.1 Å². The maximum absolute atomic E-state index is 12.9. The molecule has 0 atom stereocenters. The molecule has 2 aromatic carbocycles. The first-order valence-corrected chi connectivity index (χ1v) is 8.38. The van der Waals surface area contributed by atoms with E-state index in [9.17, 15) is 13.2 Å². The maximum Gasteiger partial charge on any atom is 0.387 e. The highest BCUT2D eigenvalue weighted by atomic mass is 32.2.